The molecule has 0 fully saturated rings. The van der Waals surface area contributed by atoms with Gasteiger partial charge in [-0.3, -0.25) is 0 Å². The van der Waals surface area contributed by atoms with E-state index in [1.54, 1.807) is 0 Å². The third-order valence-corrected chi connectivity index (χ3v) is 3.63. The fourth-order valence-corrected chi connectivity index (χ4v) is 3.17. The summed E-state index contributed by atoms with van der Waals surface area (Å²) in [6, 6.07) is 8.44. The summed E-state index contributed by atoms with van der Waals surface area (Å²) in [5.41, 5.74) is 2.47. The van der Waals surface area contributed by atoms with Gasteiger partial charge in [0.25, 0.3) is 0 Å². The molecule has 2 unspecified atom stereocenters. The highest BCUT2D eigenvalue weighted by molar-refractivity contribution is 6.48. The summed E-state index contributed by atoms with van der Waals surface area (Å²) in [6.07, 6.45) is 0.507. The maximum absolute atomic E-state index is 9.51. The van der Waals surface area contributed by atoms with Gasteiger partial charge < -0.3 is 9.53 Å². The Morgan fingerprint density at radius 2 is 1.89 bits per heavy atom. The lowest BCUT2D eigenvalue weighted by Crippen LogP contribution is -2.26. The Morgan fingerprint density at radius 1 is 1.26 bits per heavy atom. The molecule has 3 heteroatoms. The summed E-state index contributed by atoms with van der Waals surface area (Å²) in [7, 11) is -0.748. The molecular weight excluding hydrogens is 252 g/mol. The molecule has 0 aliphatic carbocycles. The highest BCUT2D eigenvalue weighted by Crippen LogP contribution is 2.36. The second-order valence-electron chi connectivity index (χ2n) is 6.57. The maximum atomic E-state index is 9.51. The molecule has 0 heterocycles. The summed E-state index contributed by atoms with van der Waals surface area (Å²) in [5, 5.41) is 9.51. The van der Waals surface area contributed by atoms with Crippen LogP contribution in [0.3, 0.4) is 0 Å². The largest absolute Gasteiger partial charge is 0.410 e. The van der Waals surface area contributed by atoms with Crippen LogP contribution in [-0.4, -0.2) is 20.3 Å². The van der Waals surface area contributed by atoms with Crippen LogP contribution in [0.4, 0.5) is 0 Å². The first kappa shape index (κ1) is 16.4. The molecule has 0 saturated carbocycles. The van der Waals surface area contributed by atoms with Crippen molar-refractivity contribution in [1.29, 1.82) is 0 Å². The monoisotopic (exact) mass is 279 g/mol. The third kappa shape index (κ3) is 5.47. The highest BCUT2D eigenvalue weighted by Gasteiger charge is 2.28. The van der Waals surface area contributed by atoms with E-state index in [0.717, 1.165) is 0 Å². The van der Waals surface area contributed by atoms with Crippen LogP contribution in [0.15, 0.2) is 24.3 Å². The molecule has 107 valence electrons. The van der Waals surface area contributed by atoms with E-state index in [1.165, 1.54) is 11.1 Å². The molecule has 1 radical (unpaired) electrons. The van der Waals surface area contributed by atoms with Gasteiger partial charge in [-0.1, -0.05) is 45.0 Å². The summed E-state index contributed by atoms with van der Waals surface area (Å²) < 4.78 is 6.20. The van der Waals surface area contributed by atoms with Crippen LogP contribution in [0, 0.1) is 5.41 Å². The molecule has 0 spiro atoms. The number of hydrogen-bond donors (Lipinski definition) is 1. The first-order chi connectivity index (χ1) is 8.70. The van der Waals surface area contributed by atoms with Crippen molar-refractivity contribution in [2.75, 3.05) is 0 Å². The molecule has 1 aromatic carbocycles. The van der Waals surface area contributed by atoms with E-state index < -0.39 is 9.04 Å². The van der Waals surface area contributed by atoms with Gasteiger partial charge in [-0.15, -0.1) is 0 Å². The average molecular weight is 279 g/mol. The van der Waals surface area contributed by atoms with Crippen molar-refractivity contribution >= 4 is 9.04 Å². The fourth-order valence-electron chi connectivity index (χ4n) is 2.20. The van der Waals surface area contributed by atoms with Crippen LogP contribution >= 0.6 is 0 Å². The van der Waals surface area contributed by atoms with Gasteiger partial charge in [-0.2, -0.15) is 0 Å². The number of aliphatic hydroxyl groups excluding tert-OH is 1. The van der Waals surface area contributed by atoms with Crippen LogP contribution < -0.4 is 0 Å². The van der Waals surface area contributed by atoms with Gasteiger partial charge in [0.1, 0.15) is 0 Å². The second-order valence-corrected chi connectivity index (χ2v) is 8.62. The first-order valence-electron chi connectivity index (χ1n) is 6.94. The van der Waals surface area contributed by atoms with Crippen molar-refractivity contribution in [2.45, 2.75) is 59.4 Å². The minimum absolute atomic E-state index is 0.0748. The summed E-state index contributed by atoms with van der Waals surface area (Å²) in [6.45, 7) is 12.8. The van der Waals surface area contributed by atoms with Gasteiger partial charge in [0.15, 0.2) is 0 Å². The Hall–Kier alpha value is -0.643. The standard InChI is InChI=1S/C16H27O2Si/c1-12(17)10-13-8-7-9-14(11-13)15(16(2,3)4)18-19(5)6/h7-9,11-12,15,17H,10H2,1-6H3. The Bertz CT molecular complexity index is 394. The first-order valence-corrected chi connectivity index (χ1v) is 9.34. The third-order valence-electron chi connectivity index (χ3n) is 2.93. The normalized spacial score (nSPS) is 15.6. The lowest BCUT2D eigenvalue weighted by Gasteiger charge is -2.33. The van der Waals surface area contributed by atoms with Gasteiger partial charge in [0.2, 0.25) is 9.04 Å². The van der Waals surface area contributed by atoms with Gasteiger partial charge in [0.05, 0.1) is 12.2 Å². The van der Waals surface area contributed by atoms with Crippen molar-refractivity contribution in [1.82, 2.24) is 0 Å². The molecule has 1 rings (SSSR count). The molecule has 0 aromatic heterocycles. The van der Waals surface area contributed by atoms with Crippen molar-refractivity contribution in [3.8, 4) is 0 Å². The maximum Gasteiger partial charge on any atom is 0.205 e. The van der Waals surface area contributed by atoms with E-state index in [-0.39, 0.29) is 17.6 Å². The zero-order chi connectivity index (χ0) is 14.6. The van der Waals surface area contributed by atoms with E-state index in [2.05, 4.69) is 58.1 Å². The molecule has 0 bridgehead atoms. The molecular formula is C16H27O2Si. The summed E-state index contributed by atoms with van der Waals surface area (Å²) >= 11 is 0. The van der Waals surface area contributed by atoms with Crippen molar-refractivity contribution < 1.29 is 9.53 Å². The van der Waals surface area contributed by atoms with Crippen molar-refractivity contribution in [2.24, 2.45) is 5.41 Å². The predicted octanol–water partition coefficient (Wildman–Crippen LogP) is 3.96. The SMILES string of the molecule is CC(O)Cc1cccc(C(O[Si](C)C)C(C)(C)C)c1. The van der Waals surface area contributed by atoms with Gasteiger partial charge in [-0.25, -0.2) is 0 Å². The fraction of sp³-hybridized carbons (Fsp3) is 0.625. The van der Waals surface area contributed by atoms with Crippen LogP contribution in [0.25, 0.3) is 0 Å². The Morgan fingerprint density at radius 3 is 2.37 bits per heavy atom. The predicted molar refractivity (Wildman–Crippen MR) is 82.6 cm³/mol. The van der Waals surface area contributed by atoms with Crippen molar-refractivity contribution in [3.63, 3.8) is 0 Å². The lowest BCUT2D eigenvalue weighted by molar-refractivity contribution is 0.0865. The van der Waals surface area contributed by atoms with Crippen LogP contribution in [0.2, 0.25) is 13.1 Å². The van der Waals surface area contributed by atoms with E-state index in [0.29, 0.717) is 6.42 Å². The van der Waals surface area contributed by atoms with E-state index in [1.807, 2.05) is 6.92 Å². The van der Waals surface area contributed by atoms with E-state index in [9.17, 15) is 5.11 Å². The van der Waals surface area contributed by atoms with E-state index >= 15 is 0 Å². The number of aliphatic hydroxyl groups is 1. The molecule has 0 aliphatic rings. The zero-order valence-corrected chi connectivity index (χ0v) is 14.0. The number of rotatable bonds is 5. The Labute approximate surface area is 119 Å². The van der Waals surface area contributed by atoms with Crippen molar-refractivity contribution in [3.05, 3.63) is 35.4 Å². The van der Waals surface area contributed by atoms with Crippen LogP contribution in [0.5, 0.6) is 0 Å². The Balaban J connectivity index is 3.02. The molecule has 0 amide bonds. The van der Waals surface area contributed by atoms with E-state index in [4.69, 9.17) is 4.43 Å². The second kappa shape index (κ2) is 6.68. The van der Waals surface area contributed by atoms with Crippen LogP contribution in [-0.2, 0) is 10.8 Å². The minimum Gasteiger partial charge on any atom is -0.410 e. The number of benzene rings is 1. The highest BCUT2D eigenvalue weighted by atomic mass is 28.3. The number of hydrogen-bond acceptors (Lipinski definition) is 2. The molecule has 1 aromatic rings. The average Bonchev–Trinajstić information content (AvgIpc) is 2.23. The molecule has 1 N–H and O–H groups in total. The zero-order valence-electron chi connectivity index (χ0n) is 13.0. The lowest BCUT2D eigenvalue weighted by atomic mass is 9.84. The topological polar surface area (TPSA) is 29.5 Å². The molecule has 0 aliphatic heterocycles. The van der Waals surface area contributed by atoms with Gasteiger partial charge in [0, 0.05) is 0 Å². The molecule has 19 heavy (non-hydrogen) atoms. The minimum atomic E-state index is -0.748. The quantitative estimate of drug-likeness (QED) is 0.827. The van der Waals surface area contributed by atoms with Crippen LogP contribution in [0.1, 0.15) is 44.9 Å². The smallest absolute Gasteiger partial charge is 0.205 e. The summed E-state index contributed by atoms with van der Waals surface area (Å²) in [4.78, 5) is 0. The van der Waals surface area contributed by atoms with Gasteiger partial charge in [-0.05, 0) is 43.0 Å². The molecule has 0 saturated heterocycles. The summed E-state index contributed by atoms with van der Waals surface area (Å²) in [5.74, 6) is 0. The Kier molecular flexibility index (Phi) is 5.77. The molecule has 2 atom stereocenters. The molecule has 2 nitrogen and oxygen atoms in total. The van der Waals surface area contributed by atoms with Gasteiger partial charge >= 0.3 is 0 Å².